The van der Waals surface area contributed by atoms with Crippen LogP contribution in [-0.2, 0) is 17.8 Å². The Morgan fingerprint density at radius 1 is 1.17 bits per heavy atom. The van der Waals surface area contributed by atoms with E-state index in [1.165, 1.54) is 19.2 Å². The first-order valence-corrected chi connectivity index (χ1v) is 9.85. The predicted octanol–water partition coefficient (Wildman–Crippen LogP) is 4.04. The maximum absolute atomic E-state index is 14.6. The number of nitrogens with zero attached hydrogens (tertiary/aromatic N) is 4. The molecule has 1 aliphatic heterocycles. The molecule has 7 nitrogen and oxygen atoms in total. The first kappa shape index (κ1) is 19.8. The lowest BCUT2D eigenvalue weighted by Gasteiger charge is -2.10. The zero-order valence-electron chi connectivity index (χ0n) is 16.6. The minimum Gasteiger partial charge on any atom is -0.399 e. The molecule has 0 radical (unpaired) electrons. The maximum Gasteiger partial charge on any atom is 0.255 e. The second-order valence-corrected chi connectivity index (χ2v) is 7.09. The molecule has 0 saturated heterocycles. The van der Waals surface area contributed by atoms with E-state index in [0.717, 1.165) is 43.6 Å². The van der Waals surface area contributed by atoms with Crippen LogP contribution in [0.3, 0.4) is 0 Å². The van der Waals surface area contributed by atoms with Crippen molar-refractivity contribution in [2.75, 3.05) is 12.4 Å². The van der Waals surface area contributed by atoms with Gasteiger partial charge in [0.2, 0.25) is 0 Å². The number of hydrogen-bond acceptors (Lipinski definition) is 5. The number of carbonyl (C=O) groups excluding carboxylic acids is 1. The van der Waals surface area contributed by atoms with Gasteiger partial charge in [-0.1, -0.05) is 23.7 Å². The SMILES string of the molecule is CO/N=C/c1ccc(C(=O)Nc2ccc(F)c(-c3nnc4n3CCCCC4)c2)cc1. The van der Waals surface area contributed by atoms with Crippen LogP contribution in [-0.4, -0.2) is 34.0 Å². The Hall–Kier alpha value is -3.55. The average Bonchev–Trinajstić information content (AvgIpc) is 3.01. The molecule has 2 aromatic carbocycles. The molecule has 8 heteroatoms. The number of halogens is 1. The summed E-state index contributed by atoms with van der Waals surface area (Å²) in [6.45, 7) is 0.770. The van der Waals surface area contributed by atoms with E-state index in [0.29, 0.717) is 22.6 Å². The van der Waals surface area contributed by atoms with Gasteiger partial charge in [0.25, 0.3) is 5.91 Å². The summed E-state index contributed by atoms with van der Waals surface area (Å²) < 4.78 is 16.6. The van der Waals surface area contributed by atoms with Gasteiger partial charge in [-0.05, 0) is 48.7 Å². The van der Waals surface area contributed by atoms with Gasteiger partial charge in [0.15, 0.2) is 5.82 Å². The fourth-order valence-electron chi connectivity index (χ4n) is 3.50. The molecule has 1 aromatic heterocycles. The van der Waals surface area contributed by atoms with Gasteiger partial charge < -0.3 is 14.7 Å². The largest absolute Gasteiger partial charge is 0.399 e. The molecule has 0 bridgehead atoms. The Balaban J connectivity index is 1.56. The molecule has 0 atom stereocenters. The van der Waals surface area contributed by atoms with Crippen LogP contribution in [0, 0.1) is 5.82 Å². The minimum absolute atomic E-state index is 0.289. The van der Waals surface area contributed by atoms with Crippen LogP contribution in [0.2, 0.25) is 0 Å². The molecule has 2 heterocycles. The van der Waals surface area contributed by atoms with Crippen LogP contribution < -0.4 is 5.32 Å². The van der Waals surface area contributed by atoms with Crippen LogP contribution in [0.15, 0.2) is 47.6 Å². The summed E-state index contributed by atoms with van der Waals surface area (Å²) in [6, 6.07) is 11.4. The van der Waals surface area contributed by atoms with Crippen molar-refractivity contribution in [3.05, 3.63) is 65.2 Å². The van der Waals surface area contributed by atoms with Crippen molar-refractivity contribution >= 4 is 17.8 Å². The molecule has 0 saturated carbocycles. The highest BCUT2D eigenvalue weighted by Crippen LogP contribution is 2.27. The summed E-state index contributed by atoms with van der Waals surface area (Å²) in [5.74, 6) is 0.702. The van der Waals surface area contributed by atoms with Crippen LogP contribution in [0.4, 0.5) is 10.1 Å². The summed E-state index contributed by atoms with van der Waals surface area (Å²) in [4.78, 5) is 17.2. The molecule has 1 amide bonds. The zero-order valence-corrected chi connectivity index (χ0v) is 16.6. The number of oxime groups is 1. The van der Waals surface area contributed by atoms with Crippen molar-refractivity contribution in [3.63, 3.8) is 0 Å². The zero-order chi connectivity index (χ0) is 20.9. The van der Waals surface area contributed by atoms with Gasteiger partial charge in [-0.15, -0.1) is 10.2 Å². The van der Waals surface area contributed by atoms with E-state index in [1.54, 1.807) is 36.5 Å². The van der Waals surface area contributed by atoms with E-state index >= 15 is 0 Å². The van der Waals surface area contributed by atoms with Crippen LogP contribution in [0.25, 0.3) is 11.4 Å². The summed E-state index contributed by atoms with van der Waals surface area (Å²) in [7, 11) is 1.46. The summed E-state index contributed by atoms with van der Waals surface area (Å²) in [5.41, 5.74) is 2.11. The molecule has 0 spiro atoms. The van der Waals surface area contributed by atoms with E-state index < -0.39 is 5.82 Å². The number of nitrogens with one attached hydrogen (secondary N) is 1. The highest BCUT2D eigenvalue weighted by Gasteiger charge is 2.19. The van der Waals surface area contributed by atoms with Crippen LogP contribution in [0.5, 0.6) is 0 Å². The van der Waals surface area contributed by atoms with E-state index in [2.05, 4.69) is 25.5 Å². The van der Waals surface area contributed by atoms with Crippen molar-refractivity contribution in [2.24, 2.45) is 5.16 Å². The van der Waals surface area contributed by atoms with Crippen molar-refractivity contribution in [3.8, 4) is 11.4 Å². The second-order valence-electron chi connectivity index (χ2n) is 7.09. The third kappa shape index (κ3) is 4.22. The number of rotatable bonds is 5. The number of carbonyl (C=O) groups is 1. The Bertz CT molecular complexity index is 1080. The first-order chi connectivity index (χ1) is 14.7. The third-order valence-electron chi connectivity index (χ3n) is 5.05. The monoisotopic (exact) mass is 407 g/mol. The number of aryl methyl sites for hydroxylation is 1. The van der Waals surface area contributed by atoms with Crippen molar-refractivity contribution in [1.29, 1.82) is 0 Å². The molecule has 0 fully saturated rings. The summed E-state index contributed by atoms with van der Waals surface area (Å²) in [6.07, 6.45) is 5.59. The predicted molar refractivity (Wildman–Crippen MR) is 112 cm³/mol. The van der Waals surface area contributed by atoms with Gasteiger partial charge in [0.1, 0.15) is 18.8 Å². The van der Waals surface area contributed by atoms with E-state index in [-0.39, 0.29) is 5.91 Å². The Kier molecular flexibility index (Phi) is 5.83. The number of hydrogen-bond donors (Lipinski definition) is 1. The topological polar surface area (TPSA) is 81.4 Å². The van der Waals surface area contributed by atoms with Crippen LogP contribution in [0.1, 0.15) is 41.0 Å². The number of fused-ring (bicyclic) bond motifs is 1. The van der Waals surface area contributed by atoms with E-state index in [1.807, 2.05) is 4.57 Å². The number of benzene rings is 2. The van der Waals surface area contributed by atoms with Crippen LogP contribution >= 0.6 is 0 Å². The molecule has 1 N–H and O–H groups in total. The first-order valence-electron chi connectivity index (χ1n) is 9.85. The molecule has 0 unspecified atom stereocenters. The standard InChI is InChI=1S/C22H22FN5O2/c1-30-24-14-15-6-8-16(9-7-15)22(29)25-17-10-11-19(23)18(13-17)21-27-26-20-5-3-2-4-12-28(20)21/h6-11,13-14H,2-5,12H2,1H3,(H,25,29)/b24-14+. The number of anilines is 1. The smallest absolute Gasteiger partial charge is 0.255 e. The maximum atomic E-state index is 14.6. The van der Waals surface area contributed by atoms with Gasteiger partial charge in [-0.3, -0.25) is 4.79 Å². The van der Waals surface area contributed by atoms with Crippen molar-refractivity contribution < 1.29 is 14.0 Å². The minimum atomic E-state index is -0.394. The quantitative estimate of drug-likeness (QED) is 0.511. The lowest BCUT2D eigenvalue weighted by molar-refractivity contribution is 0.102. The fraction of sp³-hybridized carbons (Fsp3) is 0.273. The molecule has 3 aromatic rings. The highest BCUT2D eigenvalue weighted by atomic mass is 19.1. The second kappa shape index (κ2) is 8.86. The number of aromatic nitrogens is 3. The van der Waals surface area contributed by atoms with Gasteiger partial charge in [0.05, 0.1) is 11.8 Å². The molecule has 154 valence electrons. The fourth-order valence-corrected chi connectivity index (χ4v) is 3.50. The third-order valence-corrected chi connectivity index (χ3v) is 5.05. The highest BCUT2D eigenvalue weighted by molar-refractivity contribution is 6.04. The lowest BCUT2D eigenvalue weighted by atomic mass is 10.1. The lowest BCUT2D eigenvalue weighted by Crippen LogP contribution is -2.12. The Morgan fingerprint density at radius 3 is 2.80 bits per heavy atom. The van der Waals surface area contributed by atoms with Gasteiger partial charge in [-0.25, -0.2) is 4.39 Å². The van der Waals surface area contributed by atoms with E-state index in [4.69, 9.17) is 0 Å². The van der Waals surface area contributed by atoms with E-state index in [9.17, 15) is 9.18 Å². The Labute approximate surface area is 173 Å². The molecule has 1 aliphatic rings. The normalized spacial score (nSPS) is 13.7. The molecule has 30 heavy (non-hydrogen) atoms. The van der Waals surface area contributed by atoms with Crippen molar-refractivity contribution in [2.45, 2.75) is 32.2 Å². The molecule has 0 aliphatic carbocycles. The average molecular weight is 407 g/mol. The number of amides is 1. The summed E-state index contributed by atoms with van der Waals surface area (Å²) in [5, 5.41) is 15.0. The van der Waals surface area contributed by atoms with Crippen molar-refractivity contribution in [1.82, 2.24) is 14.8 Å². The summed E-state index contributed by atoms with van der Waals surface area (Å²) >= 11 is 0. The molecule has 4 rings (SSSR count). The molecular weight excluding hydrogens is 385 g/mol. The van der Waals surface area contributed by atoms with Gasteiger partial charge >= 0.3 is 0 Å². The molecular formula is C22H22FN5O2. The van der Waals surface area contributed by atoms with Gasteiger partial charge in [0, 0.05) is 24.2 Å². The Morgan fingerprint density at radius 2 is 2.00 bits per heavy atom. The van der Waals surface area contributed by atoms with Gasteiger partial charge in [-0.2, -0.15) is 0 Å².